The molecule has 2 heterocycles. The molecule has 0 spiro atoms. The van der Waals surface area contributed by atoms with E-state index in [9.17, 15) is 9.59 Å². The van der Waals surface area contributed by atoms with E-state index < -0.39 is 0 Å². The number of hydrogen-bond donors (Lipinski definition) is 2. The molecule has 1 aromatic carbocycles. The molecule has 1 aliphatic rings. The van der Waals surface area contributed by atoms with Crippen molar-refractivity contribution < 1.29 is 9.59 Å². The van der Waals surface area contributed by atoms with E-state index >= 15 is 0 Å². The number of carbonyl (C=O) groups is 2. The number of thiophene rings is 1. The minimum absolute atomic E-state index is 0.0448. The van der Waals surface area contributed by atoms with Crippen LogP contribution in [0.3, 0.4) is 0 Å². The minimum Gasteiger partial charge on any atom is -0.326 e. The van der Waals surface area contributed by atoms with Crippen molar-refractivity contribution >= 4 is 34.5 Å². The Morgan fingerprint density at radius 2 is 2.10 bits per heavy atom. The fourth-order valence-electron chi connectivity index (χ4n) is 2.21. The average Bonchev–Trinajstić information content (AvgIpc) is 2.86. The molecule has 2 aromatic rings. The second kappa shape index (κ2) is 5.09. The highest BCUT2D eigenvalue weighted by Gasteiger charge is 2.15. The molecule has 0 unspecified atom stereocenters. The quantitative estimate of drug-likeness (QED) is 0.890. The van der Waals surface area contributed by atoms with Gasteiger partial charge in [0.25, 0.3) is 5.91 Å². The molecule has 20 heavy (non-hydrogen) atoms. The molecule has 0 radical (unpaired) electrons. The van der Waals surface area contributed by atoms with Gasteiger partial charge in [-0.2, -0.15) is 0 Å². The topological polar surface area (TPSA) is 58.2 Å². The summed E-state index contributed by atoms with van der Waals surface area (Å²) in [4.78, 5) is 25.2. The number of carbonyl (C=O) groups excluding carboxylic acids is 2. The summed E-state index contributed by atoms with van der Waals surface area (Å²) in [6, 6.07) is 9.33. The molecule has 0 fully saturated rings. The van der Waals surface area contributed by atoms with Crippen molar-refractivity contribution in [1.82, 2.24) is 0 Å². The Morgan fingerprint density at radius 3 is 2.85 bits per heavy atom. The van der Waals surface area contributed by atoms with E-state index in [2.05, 4.69) is 10.6 Å². The summed E-state index contributed by atoms with van der Waals surface area (Å²) in [7, 11) is 0. The highest BCUT2D eigenvalue weighted by atomic mass is 32.1. The standard InChI is InChI=1S/C15H14N2O2S/c1-9-2-6-13(20-9)15(19)16-11-4-5-12-10(8-11)3-7-14(18)17-12/h2,4-6,8H,3,7H2,1H3,(H,16,19)(H,17,18). The predicted molar refractivity (Wildman–Crippen MR) is 80.4 cm³/mol. The molecule has 1 aromatic heterocycles. The fourth-order valence-corrected chi connectivity index (χ4v) is 2.97. The van der Waals surface area contributed by atoms with Crippen LogP contribution in [0.15, 0.2) is 30.3 Å². The number of nitrogens with one attached hydrogen (secondary N) is 2. The number of aryl methyl sites for hydroxylation is 2. The maximum absolute atomic E-state index is 12.1. The summed E-state index contributed by atoms with van der Waals surface area (Å²) in [6.45, 7) is 1.98. The summed E-state index contributed by atoms with van der Waals surface area (Å²) in [5.41, 5.74) is 2.66. The van der Waals surface area contributed by atoms with Crippen molar-refractivity contribution in [3.63, 3.8) is 0 Å². The van der Waals surface area contributed by atoms with Crippen molar-refractivity contribution in [3.8, 4) is 0 Å². The number of benzene rings is 1. The van der Waals surface area contributed by atoms with Gasteiger partial charge < -0.3 is 10.6 Å². The first-order valence-corrected chi connectivity index (χ1v) is 7.24. The van der Waals surface area contributed by atoms with E-state index in [0.717, 1.165) is 21.8 Å². The zero-order valence-electron chi connectivity index (χ0n) is 11.0. The lowest BCUT2D eigenvalue weighted by Gasteiger charge is -2.17. The van der Waals surface area contributed by atoms with Crippen LogP contribution >= 0.6 is 11.3 Å². The lowest BCUT2D eigenvalue weighted by Crippen LogP contribution is -2.19. The first kappa shape index (κ1) is 12.9. The summed E-state index contributed by atoms with van der Waals surface area (Å²) in [6.07, 6.45) is 1.21. The Morgan fingerprint density at radius 1 is 1.25 bits per heavy atom. The third-order valence-electron chi connectivity index (χ3n) is 3.22. The molecule has 2 amide bonds. The van der Waals surface area contributed by atoms with Crippen LogP contribution < -0.4 is 10.6 Å². The molecule has 102 valence electrons. The van der Waals surface area contributed by atoms with E-state index in [4.69, 9.17) is 0 Å². The summed E-state index contributed by atoms with van der Waals surface area (Å²) < 4.78 is 0. The molecule has 2 N–H and O–H groups in total. The van der Waals surface area contributed by atoms with Crippen molar-refractivity contribution in [2.75, 3.05) is 10.6 Å². The van der Waals surface area contributed by atoms with Gasteiger partial charge in [-0.25, -0.2) is 0 Å². The Balaban J connectivity index is 1.78. The third kappa shape index (κ3) is 2.58. The molecule has 0 bridgehead atoms. The van der Waals surface area contributed by atoms with Crippen LogP contribution in [0.1, 0.15) is 26.5 Å². The summed E-state index contributed by atoms with van der Waals surface area (Å²) in [5.74, 6) is -0.0498. The molecule has 0 aliphatic carbocycles. The van der Waals surface area contributed by atoms with Gasteiger partial charge in [-0.1, -0.05) is 0 Å². The van der Waals surface area contributed by atoms with Gasteiger partial charge in [-0.15, -0.1) is 11.3 Å². The Bertz CT molecular complexity index is 691. The van der Waals surface area contributed by atoms with Gasteiger partial charge in [0, 0.05) is 22.7 Å². The van der Waals surface area contributed by atoms with Crippen LogP contribution in [0.25, 0.3) is 0 Å². The molecule has 5 heteroatoms. The normalized spacial score (nSPS) is 13.6. The number of fused-ring (bicyclic) bond motifs is 1. The lowest BCUT2D eigenvalue weighted by atomic mass is 10.0. The zero-order chi connectivity index (χ0) is 14.1. The fraction of sp³-hybridized carbons (Fsp3) is 0.200. The van der Waals surface area contributed by atoms with E-state index in [0.29, 0.717) is 17.7 Å². The molecule has 4 nitrogen and oxygen atoms in total. The Kier molecular flexibility index (Phi) is 3.28. The van der Waals surface area contributed by atoms with Crippen molar-refractivity contribution in [2.24, 2.45) is 0 Å². The number of rotatable bonds is 2. The second-order valence-electron chi connectivity index (χ2n) is 4.78. The monoisotopic (exact) mass is 286 g/mol. The smallest absolute Gasteiger partial charge is 0.265 e. The predicted octanol–water partition coefficient (Wildman–Crippen LogP) is 3.19. The number of anilines is 2. The maximum atomic E-state index is 12.1. The first-order valence-electron chi connectivity index (χ1n) is 6.42. The van der Waals surface area contributed by atoms with Crippen LogP contribution in [0.4, 0.5) is 11.4 Å². The SMILES string of the molecule is Cc1ccc(C(=O)Nc2ccc3c(c2)CCC(=O)N3)s1. The molecular weight excluding hydrogens is 272 g/mol. The van der Waals surface area contributed by atoms with E-state index in [1.54, 1.807) is 0 Å². The highest BCUT2D eigenvalue weighted by Crippen LogP contribution is 2.26. The van der Waals surface area contributed by atoms with Gasteiger partial charge in [0.2, 0.25) is 5.91 Å². The van der Waals surface area contributed by atoms with E-state index in [1.165, 1.54) is 11.3 Å². The Hall–Kier alpha value is -2.14. The molecular formula is C15H14N2O2S. The summed E-state index contributed by atoms with van der Waals surface area (Å²) in [5, 5.41) is 5.72. The third-order valence-corrected chi connectivity index (χ3v) is 4.22. The lowest BCUT2D eigenvalue weighted by molar-refractivity contribution is -0.116. The molecule has 3 rings (SSSR count). The van der Waals surface area contributed by atoms with Gasteiger partial charge >= 0.3 is 0 Å². The molecule has 0 saturated carbocycles. The summed E-state index contributed by atoms with van der Waals surface area (Å²) >= 11 is 1.48. The van der Waals surface area contributed by atoms with E-state index in [1.807, 2.05) is 37.3 Å². The average molecular weight is 286 g/mol. The van der Waals surface area contributed by atoms with Gasteiger partial charge in [-0.3, -0.25) is 9.59 Å². The minimum atomic E-state index is -0.0945. The molecule has 0 saturated heterocycles. The van der Waals surface area contributed by atoms with Crippen molar-refractivity contribution in [1.29, 1.82) is 0 Å². The van der Waals surface area contributed by atoms with Crippen LogP contribution in [-0.2, 0) is 11.2 Å². The largest absolute Gasteiger partial charge is 0.326 e. The van der Waals surface area contributed by atoms with Crippen LogP contribution in [0.2, 0.25) is 0 Å². The number of hydrogen-bond acceptors (Lipinski definition) is 3. The van der Waals surface area contributed by atoms with Crippen LogP contribution in [-0.4, -0.2) is 11.8 Å². The first-order chi connectivity index (χ1) is 9.61. The zero-order valence-corrected chi connectivity index (χ0v) is 11.8. The van der Waals surface area contributed by atoms with Gasteiger partial charge in [-0.05, 0) is 49.2 Å². The van der Waals surface area contributed by atoms with Crippen molar-refractivity contribution in [2.45, 2.75) is 19.8 Å². The Labute approximate surface area is 120 Å². The molecule has 1 aliphatic heterocycles. The second-order valence-corrected chi connectivity index (χ2v) is 6.07. The van der Waals surface area contributed by atoms with Gasteiger partial charge in [0.15, 0.2) is 0 Å². The maximum Gasteiger partial charge on any atom is 0.265 e. The number of amides is 2. The highest BCUT2D eigenvalue weighted by molar-refractivity contribution is 7.14. The van der Waals surface area contributed by atoms with Crippen molar-refractivity contribution in [3.05, 3.63) is 45.6 Å². The van der Waals surface area contributed by atoms with Crippen LogP contribution in [0, 0.1) is 6.92 Å². The van der Waals surface area contributed by atoms with Gasteiger partial charge in [0.05, 0.1) is 4.88 Å². The van der Waals surface area contributed by atoms with E-state index in [-0.39, 0.29) is 11.8 Å². The molecule has 0 atom stereocenters. The van der Waals surface area contributed by atoms with Gasteiger partial charge in [0.1, 0.15) is 0 Å². The van der Waals surface area contributed by atoms with Crippen LogP contribution in [0.5, 0.6) is 0 Å².